The van der Waals surface area contributed by atoms with Crippen LogP contribution >= 0.6 is 23.2 Å². The fourth-order valence-corrected chi connectivity index (χ4v) is 2.64. The molecule has 0 N–H and O–H groups in total. The summed E-state index contributed by atoms with van der Waals surface area (Å²) < 4.78 is 12.4. The molecule has 7 nitrogen and oxygen atoms in total. The molecule has 28 heavy (non-hydrogen) atoms. The number of carbonyl (C=O) groups excluding carboxylic acids is 1. The average Bonchev–Trinajstić information content (AvgIpc) is 3.12. The minimum Gasteiger partial charge on any atom is -0.448 e. The van der Waals surface area contributed by atoms with Gasteiger partial charge in [-0.3, -0.25) is 9.48 Å². The monoisotopic (exact) mass is 424 g/mol. The van der Waals surface area contributed by atoms with Crippen molar-refractivity contribution in [3.63, 3.8) is 0 Å². The van der Waals surface area contributed by atoms with Crippen molar-refractivity contribution in [2.45, 2.75) is 47.0 Å². The molecule has 0 aliphatic rings. The number of hydrogen-bond acceptors (Lipinski definition) is 6. The highest BCUT2D eigenvalue weighted by molar-refractivity contribution is 6.37. The van der Waals surface area contributed by atoms with Gasteiger partial charge in [-0.25, -0.2) is 4.98 Å². The maximum atomic E-state index is 12.6. The fraction of sp³-hybridized carbons (Fsp3) is 0.474. The molecule has 0 aromatic carbocycles. The smallest absolute Gasteiger partial charge is 0.316 e. The molecule has 2 aromatic rings. The Morgan fingerprint density at radius 2 is 1.86 bits per heavy atom. The molecular weight excluding hydrogens is 403 g/mol. The highest BCUT2D eigenvalue weighted by Crippen LogP contribution is 2.37. The van der Waals surface area contributed by atoms with Crippen LogP contribution in [-0.2, 0) is 22.0 Å². The second-order valence-electron chi connectivity index (χ2n) is 8.32. The molecule has 0 saturated heterocycles. The van der Waals surface area contributed by atoms with Crippen molar-refractivity contribution in [1.29, 1.82) is 5.26 Å². The predicted molar refractivity (Wildman–Crippen MR) is 106 cm³/mol. The number of nitriles is 1. The number of rotatable bonds is 3. The summed E-state index contributed by atoms with van der Waals surface area (Å²) in [5.41, 5.74) is -0.882. The lowest BCUT2D eigenvalue weighted by atomic mass is 9.97. The van der Waals surface area contributed by atoms with Crippen LogP contribution < -0.4 is 0 Å². The van der Waals surface area contributed by atoms with Gasteiger partial charge in [0.1, 0.15) is 28.8 Å². The van der Waals surface area contributed by atoms with E-state index in [0.29, 0.717) is 5.89 Å². The van der Waals surface area contributed by atoms with Crippen molar-refractivity contribution in [1.82, 2.24) is 14.8 Å². The molecule has 0 spiro atoms. The summed E-state index contributed by atoms with van der Waals surface area (Å²) in [6.45, 7) is 10.9. The van der Waals surface area contributed by atoms with Gasteiger partial charge in [0.2, 0.25) is 0 Å². The van der Waals surface area contributed by atoms with E-state index in [1.807, 2.05) is 26.8 Å². The third kappa shape index (κ3) is 4.40. The number of nitrogens with zero attached hydrogens (tertiary/aromatic N) is 4. The molecule has 0 bridgehead atoms. The Morgan fingerprint density at radius 1 is 1.25 bits per heavy atom. The van der Waals surface area contributed by atoms with Gasteiger partial charge < -0.3 is 9.15 Å². The minimum absolute atomic E-state index is 0.00324. The van der Waals surface area contributed by atoms with E-state index < -0.39 is 11.4 Å². The van der Waals surface area contributed by atoms with E-state index in [1.165, 1.54) is 10.9 Å². The highest BCUT2D eigenvalue weighted by atomic mass is 35.5. The minimum atomic E-state index is -0.826. The molecule has 2 rings (SSSR count). The van der Waals surface area contributed by atoms with E-state index in [-0.39, 0.29) is 38.3 Å². The summed E-state index contributed by atoms with van der Waals surface area (Å²) in [5, 5.41) is 14.0. The van der Waals surface area contributed by atoms with Gasteiger partial charge in [0, 0.05) is 12.5 Å². The molecule has 0 amide bonds. The van der Waals surface area contributed by atoms with Crippen molar-refractivity contribution < 1.29 is 13.9 Å². The van der Waals surface area contributed by atoms with Crippen LogP contribution in [0.1, 0.15) is 58.7 Å². The average molecular weight is 425 g/mol. The Morgan fingerprint density at radius 3 is 2.25 bits per heavy atom. The maximum absolute atomic E-state index is 12.6. The van der Waals surface area contributed by atoms with Gasteiger partial charge in [0.15, 0.2) is 16.8 Å². The second kappa shape index (κ2) is 7.61. The van der Waals surface area contributed by atoms with Crippen LogP contribution in [0, 0.1) is 16.7 Å². The van der Waals surface area contributed by atoms with Gasteiger partial charge in [-0.2, -0.15) is 10.4 Å². The summed E-state index contributed by atoms with van der Waals surface area (Å²) in [6, 6.07) is 2.03. The lowest BCUT2D eigenvalue weighted by molar-refractivity contribution is -0.145. The van der Waals surface area contributed by atoms with Gasteiger partial charge in [-0.15, -0.1) is 0 Å². The largest absolute Gasteiger partial charge is 0.448 e. The molecule has 9 heteroatoms. The Kier molecular flexibility index (Phi) is 5.98. The number of esters is 1. The van der Waals surface area contributed by atoms with Crippen molar-refractivity contribution in [2.75, 3.05) is 0 Å². The number of halogens is 2. The van der Waals surface area contributed by atoms with Gasteiger partial charge >= 0.3 is 5.97 Å². The molecule has 0 unspecified atom stereocenters. The van der Waals surface area contributed by atoms with Crippen LogP contribution in [0.15, 0.2) is 10.7 Å². The zero-order chi connectivity index (χ0) is 21.4. The predicted octanol–water partition coefficient (Wildman–Crippen LogP) is 4.99. The lowest BCUT2D eigenvalue weighted by Crippen LogP contribution is -2.23. The number of allylic oxidation sites excluding steroid dienone is 1. The van der Waals surface area contributed by atoms with Crippen LogP contribution in [0.2, 0.25) is 10.3 Å². The quantitative estimate of drug-likeness (QED) is 0.391. The van der Waals surface area contributed by atoms with Gasteiger partial charge in [-0.1, -0.05) is 44.0 Å². The first-order chi connectivity index (χ1) is 12.8. The molecule has 0 fully saturated rings. The molecule has 0 aliphatic carbocycles. The van der Waals surface area contributed by atoms with Crippen LogP contribution in [0.5, 0.6) is 0 Å². The summed E-state index contributed by atoms with van der Waals surface area (Å²) >= 11 is 12.5. The number of carbonyl (C=O) groups is 1. The van der Waals surface area contributed by atoms with E-state index >= 15 is 0 Å². The summed E-state index contributed by atoms with van der Waals surface area (Å²) in [6.07, 6.45) is 1.34. The van der Waals surface area contributed by atoms with Crippen molar-refractivity contribution in [3.05, 3.63) is 33.7 Å². The van der Waals surface area contributed by atoms with Gasteiger partial charge in [0.05, 0.1) is 11.0 Å². The van der Waals surface area contributed by atoms with Gasteiger partial charge in [-0.05, 0) is 20.8 Å². The first-order valence-electron chi connectivity index (χ1n) is 8.48. The fourth-order valence-electron chi connectivity index (χ4n) is 2.09. The van der Waals surface area contributed by atoms with Crippen molar-refractivity contribution in [3.8, 4) is 6.07 Å². The summed E-state index contributed by atoms with van der Waals surface area (Å²) in [4.78, 5) is 17.0. The molecule has 0 aliphatic heterocycles. The van der Waals surface area contributed by atoms with Crippen LogP contribution in [-0.4, -0.2) is 20.7 Å². The van der Waals surface area contributed by atoms with E-state index in [2.05, 4.69) is 10.1 Å². The first kappa shape index (κ1) is 22.0. The standard InChI is InChI=1S/C19H22Cl2N4O3/c1-18(2,3)16-23-11(9-27-16)10(8-22)13(28-17(26)19(4,5)6)12-14(20)24-25(7)15(12)21/h9H,1-7H3. The SMILES string of the molecule is Cn1nc(Cl)c(C(OC(=O)C(C)(C)C)=C(C#N)c2coc(C(C)(C)C)n2)c1Cl. The first-order valence-corrected chi connectivity index (χ1v) is 9.24. The zero-order valence-corrected chi connectivity index (χ0v) is 18.4. The Balaban J connectivity index is 2.75. The summed E-state index contributed by atoms with van der Waals surface area (Å²) in [5.74, 6) is -0.245. The van der Waals surface area contributed by atoms with E-state index in [0.717, 1.165) is 0 Å². The molecule has 2 heterocycles. The van der Waals surface area contributed by atoms with E-state index in [1.54, 1.807) is 27.8 Å². The highest BCUT2D eigenvalue weighted by Gasteiger charge is 2.32. The van der Waals surface area contributed by atoms with E-state index in [9.17, 15) is 10.1 Å². The molecule has 0 atom stereocenters. The lowest BCUT2D eigenvalue weighted by Gasteiger charge is -2.18. The second-order valence-corrected chi connectivity index (χ2v) is 9.04. The number of ether oxygens (including phenoxy) is 1. The third-order valence-electron chi connectivity index (χ3n) is 3.71. The number of aromatic nitrogens is 3. The van der Waals surface area contributed by atoms with E-state index in [4.69, 9.17) is 32.4 Å². The third-order valence-corrected chi connectivity index (χ3v) is 4.41. The van der Waals surface area contributed by atoms with Crippen molar-refractivity contribution >= 4 is 40.5 Å². The number of oxazole rings is 1. The number of hydrogen-bond donors (Lipinski definition) is 0. The molecule has 2 aromatic heterocycles. The number of aryl methyl sites for hydroxylation is 1. The Hall–Kier alpha value is -2.30. The molecule has 150 valence electrons. The zero-order valence-electron chi connectivity index (χ0n) is 16.8. The Labute approximate surface area is 173 Å². The van der Waals surface area contributed by atoms with Crippen LogP contribution in [0.4, 0.5) is 0 Å². The topological polar surface area (TPSA) is 93.9 Å². The van der Waals surface area contributed by atoms with Crippen molar-refractivity contribution in [2.24, 2.45) is 12.5 Å². The normalized spacial score (nSPS) is 13.1. The molecule has 0 saturated carbocycles. The Bertz CT molecular complexity index is 982. The van der Waals surface area contributed by atoms with Crippen LogP contribution in [0.3, 0.4) is 0 Å². The van der Waals surface area contributed by atoms with Gasteiger partial charge in [0.25, 0.3) is 0 Å². The summed E-state index contributed by atoms with van der Waals surface area (Å²) in [7, 11) is 1.58. The molecular formula is C19H22Cl2N4O3. The van der Waals surface area contributed by atoms with Crippen LogP contribution in [0.25, 0.3) is 11.3 Å². The maximum Gasteiger partial charge on any atom is 0.316 e. The molecule has 0 radical (unpaired) electrons.